The number of carboxylic acids is 1. The summed E-state index contributed by atoms with van der Waals surface area (Å²) in [5, 5.41) is 9.18. The summed E-state index contributed by atoms with van der Waals surface area (Å²) >= 11 is -1.06. The Bertz CT molecular complexity index is 950. The monoisotopic (exact) mass is 368 g/mol. The predicted octanol–water partition coefficient (Wildman–Crippen LogP) is 3.94. The molecule has 1 N–H and O–H groups in total. The molecule has 3 rings (SSSR count). The van der Waals surface area contributed by atoms with Gasteiger partial charge in [0.2, 0.25) is 0 Å². The maximum atomic E-state index is 14.0. The lowest BCUT2D eigenvalue weighted by Gasteiger charge is -2.14. The van der Waals surface area contributed by atoms with Crippen molar-refractivity contribution < 1.29 is 18.8 Å². The van der Waals surface area contributed by atoms with Crippen LogP contribution in [0.5, 0.6) is 0 Å². The van der Waals surface area contributed by atoms with Crippen LogP contribution in [-0.4, -0.2) is 21.9 Å². The van der Waals surface area contributed by atoms with Crippen LogP contribution >= 0.6 is 0 Å². The molecule has 0 aromatic heterocycles. The van der Waals surface area contributed by atoms with Gasteiger partial charge in [0.05, 0.1) is 6.42 Å². The van der Waals surface area contributed by atoms with Crippen molar-refractivity contribution in [1.82, 2.24) is 0 Å². The van der Waals surface area contributed by atoms with Gasteiger partial charge < -0.3 is 9.66 Å². The topological polar surface area (TPSA) is 60.4 Å². The minimum Gasteiger partial charge on any atom is -0.612 e. The number of aliphatic carboxylic acids is 1. The second-order valence-electron chi connectivity index (χ2n) is 6.22. The van der Waals surface area contributed by atoms with Gasteiger partial charge in [-0.05, 0) is 65.6 Å². The Kier molecular flexibility index (Phi) is 5.17. The molecule has 0 saturated heterocycles. The Balaban J connectivity index is 1.99. The summed E-state index contributed by atoms with van der Waals surface area (Å²) in [6.45, 7) is 1.85. The van der Waals surface area contributed by atoms with E-state index in [4.69, 9.17) is 0 Å². The fourth-order valence-corrected chi connectivity index (χ4v) is 3.65. The molecular formula is C21H17FO3S. The Morgan fingerprint density at radius 1 is 1.27 bits per heavy atom. The summed E-state index contributed by atoms with van der Waals surface area (Å²) < 4.78 is 25.4. The molecule has 0 fully saturated rings. The van der Waals surface area contributed by atoms with E-state index in [1.54, 1.807) is 30.5 Å². The molecule has 0 spiro atoms. The van der Waals surface area contributed by atoms with E-state index >= 15 is 0 Å². The van der Waals surface area contributed by atoms with Gasteiger partial charge in [-0.2, -0.15) is 0 Å². The van der Waals surface area contributed by atoms with Gasteiger partial charge in [-0.3, -0.25) is 4.79 Å². The minimum absolute atomic E-state index is 0.0490. The van der Waals surface area contributed by atoms with Crippen LogP contribution in [0.25, 0.3) is 6.08 Å². The number of hydrogen-bond acceptors (Lipinski definition) is 2. The minimum atomic E-state index is -1.06. The summed E-state index contributed by atoms with van der Waals surface area (Å²) in [4.78, 5) is 11.9. The van der Waals surface area contributed by atoms with E-state index in [0.717, 1.165) is 16.7 Å². The Morgan fingerprint density at radius 2 is 1.96 bits per heavy atom. The van der Waals surface area contributed by atoms with Crippen molar-refractivity contribution in [2.45, 2.75) is 24.2 Å². The SMILES string of the molecule is CC1=Cc2cc(F)cc(C#Cc3ccc([S+](C)[O-])cc3)c2C1CC(=O)O. The van der Waals surface area contributed by atoms with Crippen LogP contribution in [0, 0.1) is 17.7 Å². The van der Waals surface area contributed by atoms with Crippen LogP contribution < -0.4 is 0 Å². The average molecular weight is 368 g/mol. The molecule has 1 aliphatic rings. The highest BCUT2D eigenvalue weighted by Crippen LogP contribution is 2.40. The quantitative estimate of drug-likeness (QED) is 0.659. The molecule has 2 aromatic carbocycles. The molecule has 2 unspecified atom stereocenters. The van der Waals surface area contributed by atoms with Crippen LogP contribution in [-0.2, 0) is 16.0 Å². The smallest absolute Gasteiger partial charge is 0.304 e. The second-order valence-corrected chi connectivity index (χ2v) is 7.60. The van der Waals surface area contributed by atoms with E-state index in [1.165, 1.54) is 12.1 Å². The number of carboxylic acid groups (broad SMARTS) is 1. The molecular weight excluding hydrogens is 351 g/mol. The first-order chi connectivity index (χ1) is 12.3. The van der Waals surface area contributed by atoms with E-state index in [-0.39, 0.29) is 12.3 Å². The predicted molar refractivity (Wildman–Crippen MR) is 99.8 cm³/mol. The first-order valence-corrected chi connectivity index (χ1v) is 9.60. The molecule has 0 radical (unpaired) electrons. The maximum Gasteiger partial charge on any atom is 0.304 e. The van der Waals surface area contributed by atoms with Crippen LogP contribution in [0.2, 0.25) is 0 Å². The van der Waals surface area contributed by atoms with Crippen molar-refractivity contribution >= 4 is 23.2 Å². The van der Waals surface area contributed by atoms with Crippen LogP contribution in [0.4, 0.5) is 4.39 Å². The van der Waals surface area contributed by atoms with Gasteiger partial charge in [0.15, 0.2) is 4.90 Å². The normalized spacial score (nSPS) is 16.3. The van der Waals surface area contributed by atoms with Gasteiger partial charge in [0.1, 0.15) is 12.1 Å². The highest BCUT2D eigenvalue weighted by molar-refractivity contribution is 7.90. The largest absolute Gasteiger partial charge is 0.612 e. The lowest BCUT2D eigenvalue weighted by Crippen LogP contribution is -2.07. The van der Waals surface area contributed by atoms with Crippen molar-refractivity contribution in [2.24, 2.45) is 0 Å². The molecule has 0 aliphatic heterocycles. The summed E-state index contributed by atoms with van der Waals surface area (Å²) in [5.41, 5.74) is 3.57. The molecule has 2 aromatic rings. The number of hydrogen-bond donors (Lipinski definition) is 1. The zero-order valence-electron chi connectivity index (χ0n) is 14.4. The molecule has 1 aliphatic carbocycles. The van der Waals surface area contributed by atoms with E-state index < -0.39 is 23.0 Å². The molecule has 26 heavy (non-hydrogen) atoms. The van der Waals surface area contributed by atoms with E-state index in [0.29, 0.717) is 16.0 Å². The lowest BCUT2D eigenvalue weighted by molar-refractivity contribution is -0.137. The highest BCUT2D eigenvalue weighted by atomic mass is 32.2. The summed E-state index contributed by atoms with van der Waals surface area (Å²) in [6, 6.07) is 9.78. The van der Waals surface area contributed by atoms with Crippen molar-refractivity contribution in [2.75, 3.05) is 6.26 Å². The van der Waals surface area contributed by atoms with Crippen molar-refractivity contribution in [3.63, 3.8) is 0 Å². The number of rotatable bonds is 3. The van der Waals surface area contributed by atoms with Crippen LogP contribution in [0.1, 0.15) is 41.5 Å². The van der Waals surface area contributed by atoms with Crippen molar-refractivity contribution in [3.05, 3.63) is 70.0 Å². The third kappa shape index (κ3) is 3.82. The Labute approximate surface area is 154 Å². The van der Waals surface area contributed by atoms with E-state index in [9.17, 15) is 18.8 Å². The number of allylic oxidation sites excluding steroid dienone is 1. The fraction of sp³-hybridized carbons (Fsp3) is 0.190. The first kappa shape index (κ1) is 18.2. The van der Waals surface area contributed by atoms with Gasteiger partial charge in [-0.15, -0.1) is 0 Å². The molecule has 0 amide bonds. The van der Waals surface area contributed by atoms with Gasteiger partial charge >= 0.3 is 5.97 Å². The standard InChI is InChI=1S/C21H17FO3S/c1-13-9-16-11-17(22)10-15(21(16)19(13)12-20(23)24)6-3-14-4-7-18(8-5-14)26(2)25/h4-5,7-11,19H,12H2,1-2H3,(H,23,24). The highest BCUT2D eigenvalue weighted by Gasteiger charge is 2.27. The van der Waals surface area contributed by atoms with Crippen molar-refractivity contribution in [3.8, 4) is 11.8 Å². The zero-order chi connectivity index (χ0) is 18.8. The lowest BCUT2D eigenvalue weighted by atomic mass is 9.89. The number of fused-ring (bicyclic) bond motifs is 1. The molecule has 0 bridgehead atoms. The van der Waals surface area contributed by atoms with E-state index in [2.05, 4.69) is 11.8 Å². The Morgan fingerprint density at radius 3 is 2.58 bits per heavy atom. The van der Waals surface area contributed by atoms with Crippen LogP contribution in [0.15, 0.2) is 46.9 Å². The molecule has 2 atom stereocenters. The van der Waals surface area contributed by atoms with Crippen molar-refractivity contribution in [1.29, 1.82) is 0 Å². The average Bonchev–Trinajstić information content (AvgIpc) is 2.87. The molecule has 5 heteroatoms. The van der Waals surface area contributed by atoms with E-state index in [1.807, 2.05) is 13.0 Å². The number of halogens is 1. The summed E-state index contributed by atoms with van der Waals surface area (Å²) in [5.74, 6) is 4.38. The third-order valence-electron chi connectivity index (χ3n) is 4.36. The van der Waals surface area contributed by atoms with Crippen LogP contribution in [0.3, 0.4) is 0 Å². The molecule has 0 heterocycles. The van der Waals surface area contributed by atoms with Gasteiger partial charge in [-0.25, -0.2) is 4.39 Å². The summed E-state index contributed by atoms with van der Waals surface area (Å²) in [6.07, 6.45) is 3.38. The van der Waals surface area contributed by atoms with Gasteiger partial charge in [0, 0.05) is 17.0 Å². The van der Waals surface area contributed by atoms with Gasteiger partial charge in [0.25, 0.3) is 0 Å². The third-order valence-corrected chi connectivity index (χ3v) is 5.30. The van der Waals surface area contributed by atoms with Gasteiger partial charge in [-0.1, -0.05) is 23.5 Å². The maximum absolute atomic E-state index is 14.0. The molecule has 0 saturated carbocycles. The number of benzene rings is 2. The summed E-state index contributed by atoms with van der Waals surface area (Å²) in [7, 11) is 0. The first-order valence-electron chi connectivity index (χ1n) is 8.04. The molecule has 132 valence electrons. The fourth-order valence-electron chi connectivity index (χ4n) is 3.13. The zero-order valence-corrected chi connectivity index (χ0v) is 15.2. The molecule has 3 nitrogen and oxygen atoms in total. The Hall–Kier alpha value is -2.55. The number of carbonyl (C=O) groups is 1. The second kappa shape index (κ2) is 7.36.